The maximum absolute atomic E-state index is 11.3. The highest BCUT2D eigenvalue weighted by atomic mass is 16.5. The molecule has 1 saturated carbocycles. The molecule has 18 heavy (non-hydrogen) atoms. The van der Waals surface area contributed by atoms with Crippen LogP contribution in [0.5, 0.6) is 5.75 Å². The molecule has 4 nitrogen and oxygen atoms in total. The van der Waals surface area contributed by atoms with Gasteiger partial charge in [0.05, 0.1) is 18.4 Å². The Kier molecular flexibility index (Phi) is 4.07. The van der Waals surface area contributed by atoms with Crippen LogP contribution in [0, 0.1) is 0 Å². The van der Waals surface area contributed by atoms with Gasteiger partial charge in [0.1, 0.15) is 5.75 Å². The zero-order valence-corrected chi connectivity index (χ0v) is 10.6. The van der Waals surface area contributed by atoms with Crippen LogP contribution < -0.4 is 5.32 Å². The number of phenolic OH excluding ortho intramolecular Hbond substituents is 1. The van der Waals surface area contributed by atoms with Gasteiger partial charge in [0.15, 0.2) is 0 Å². The summed E-state index contributed by atoms with van der Waals surface area (Å²) in [4.78, 5) is 11.3. The molecule has 1 aromatic rings. The molecule has 2 rings (SSSR count). The van der Waals surface area contributed by atoms with E-state index >= 15 is 0 Å². The van der Waals surface area contributed by atoms with E-state index in [9.17, 15) is 9.90 Å². The van der Waals surface area contributed by atoms with E-state index in [1.54, 1.807) is 12.1 Å². The Balaban J connectivity index is 2.07. The second-order valence-corrected chi connectivity index (χ2v) is 4.70. The van der Waals surface area contributed by atoms with Crippen molar-refractivity contribution in [3.8, 4) is 5.75 Å². The number of benzene rings is 1. The molecule has 1 aromatic carbocycles. The Morgan fingerprint density at radius 2 is 2.06 bits per heavy atom. The largest absolute Gasteiger partial charge is 0.506 e. The summed E-state index contributed by atoms with van der Waals surface area (Å²) in [6.07, 6.45) is 6.04. The van der Waals surface area contributed by atoms with Crippen LogP contribution in [0.4, 0.5) is 5.69 Å². The summed E-state index contributed by atoms with van der Waals surface area (Å²) in [5.41, 5.74) is 1.05. The van der Waals surface area contributed by atoms with Crippen molar-refractivity contribution in [3.05, 3.63) is 23.8 Å². The number of nitrogens with one attached hydrogen (secondary N) is 1. The fourth-order valence-corrected chi connectivity index (χ4v) is 2.37. The molecule has 4 heteroatoms. The summed E-state index contributed by atoms with van der Waals surface area (Å²) >= 11 is 0. The predicted octanol–water partition coefficient (Wildman–Crippen LogP) is 2.92. The molecule has 1 aliphatic rings. The number of anilines is 1. The average molecular weight is 249 g/mol. The molecule has 0 amide bonds. The van der Waals surface area contributed by atoms with Crippen LogP contribution in [-0.2, 0) is 4.74 Å². The highest BCUT2D eigenvalue weighted by Crippen LogP contribution is 2.28. The van der Waals surface area contributed by atoms with Gasteiger partial charge in [-0.05, 0) is 31.0 Å². The van der Waals surface area contributed by atoms with E-state index in [2.05, 4.69) is 10.1 Å². The lowest BCUT2D eigenvalue weighted by Gasteiger charge is -2.24. The minimum absolute atomic E-state index is 0.100. The van der Waals surface area contributed by atoms with Crippen molar-refractivity contribution in [2.75, 3.05) is 12.4 Å². The van der Waals surface area contributed by atoms with Gasteiger partial charge in [-0.1, -0.05) is 19.3 Å². The lowest BCUT2D eigenvalue weighted by molar-refractivity contribution is 0.0600. The molecular formula is C14H19NO3. The van der Waals surface area contributed by atoms with Crippen LogP contribution >= 0.6 is 0 Å². The van der Waals surface area contributed by atoms with E-state index in [0.29, 0.717) is 17.3 Å². The first kappa shape index (κ1) is 12.7. The van der Waals surface area contributed by atoms with Crippen molar-refractivity contribution in [3.63, 3.8) is 0 Å². The molecule has 0 radical (unpaired) electrons. The minimum atomic E-state index is -0.436. The van der Waals surface area contributed by atoms with Gasteiger partial charge in [-0.25, -0.2) is 4.79 Å². The van der Waals surface area contributed by atoms with Gasteiger partial charge in [0, 0.05) is 6.04 Å². The first-order chi connectivity index (χ1) is 8.70. The molecule has 0 heterocycles. The van der Waals surface area contributed by atoms with E-state index in [1.165, 1.54) is 32.4 Å². The third-order valence-electron chi connectivity index (χ3n) is 3.38. The maximum Gasteiger partial charge on any atom is 0.337 e. The van der Waals surface area contributed by atoms with E-state index in [-0.39, 0.29) is 5.75 Å². The Bertz CT molecular complexity index is 425. The number of methoxy groups -OCH3 is 1. The molecule has 1 aliphatic carbocycles. The van der Waals surface area contributed by atoms with Crippen molar-refractivity contribution in [1.29, 1.82) is 0 Å². The highest BCUT2D eigenvalue weighted by Gasteiger charge is 2.15. The molecule has 0 atom stereocenters. The third-order valence-corrected chi connectivity index (χ3v) is 3.38. The van der Waals surface area contributed by atoms with Gasteiger partial charge in [-0.2, -0.15) is 0 Å². The smallest absolute Gasteiger partial charge is 0.337 e. The molecule has 0 saturated heterocycles. The number of phenols is 1. The van der Waals surface area contributed by atoms with E-state index in [0.717, 1.165) is 12.8 Å². The van der Waals surface area contributed by atoms with Gasteiger partial charge in [0.25, 0.3) is 0 Å². The second-order valence-electron chi connectivity index (χ2n) is 4.70. The number of rotatable bonds is 3. The van der Waals surface area contributed by atoms with Crippen LogP contribution in [0.3, 0.4) is 0 Å². The normalized spacial score (nSPS) is 16.3. The number of carbonyl (C=O) groups is 1. The zero-order valence-electron chi connectivity index (χ0n) is 10.6. The molecule has 0 aliphatic heterocycles. The summed E-state index contributed by atoms with van der Waals surface area (Å²) in [5.74, 6) is -0.335. The number of carbonyl (C=O) groups excluding carboxylic acids is 1. The Labute approximate surface area is 107 Å². The maximum atomic E-state index is 11.3. The number of hydrogen-bond acceptors (Lipinski definition) is 4. The summed E-state index contributed by atoms with van der Waals surface area (Å²) in [6.45, 7) is 0. The van der Waals surface area contributed by atoms with Crippen LogP contribution in [0.25, 0.3) is 0 Å². The van der Waals surface area contributed by atoms with Crippen LogP contribution in [0.1, 0.15) is 42.5 Å². The quantitative estimate of drug-likeness (QED) is 0.638. The predicted molar refractivity (Wildman–Crippen MR) is 69.9 cm³/mol. The molecule has 0 bridgehead atoms. The minimum Gasteiger partial charge on any atom is -0.506 e. The lowest BCUT2D eigenvalue weighted by atomic mass is 9.95. The van der Waals surface area contributed by atoms with Gasteiger partial charge in [0.2, 0.25) is 0 Å². The van der Waals surface area contributed by atoms with Gasteiger partial charge >= 0.3 is 5.97 Å². The van der Waals surface area contributed by atoms with E-state index < -0.39 is 5.97 Å². The lowest BCUT2D eigenvalue weighted by Crippen LogP contribution is -2.22. The summed E-state index contributed by atoms with van der Waals surface area (Å²) in [6, 6.07) is 5.26. The molecule has 0 aromatic heterocycles. The van der Waals surface area contributed by atoms with Crippen LogP contribution in [0.15, 0.2) is 18.2 Å². The van der Waals surface area contributed by atoms with Crippen LogP contribution in [0.2, 0.25) is 0 Å². The van der Waals surface area contributed by atoms with Crippen molar-refractivity contribution in [1.82, 2.24) is 0 Å². The topological polar surface area (TPSA) is 58.6 Å². The SMILES string of the molecule is COC(=O)c1ccc(NC2CCCCC2)c(O)c1. The van der Waals surface area contributed by atoms with Gasteiger partial charge in [-0.15, -0.1) is 0 Å². The molecule has 0 unspecified atom stereocenters. The number of ether oxygens (including phenoxy) is 1. The Morgan fingerprint density at radius 1 is 1.33 bits per heavy atom. The standard InChI is InChI=1S/C14H19NO3/c1-18-14(17)10-7-8-12(13(16)9-10)15-11-5-3-2-4-6-11/h7-9,11,15-16H,2-6H2,1H3. The Morgan fingerprint density at radius 3 is 2.67 bits per heavy atom. The summed E-state index contributed by atoms with van der Waals surface area (Å²) in [5, 5.41) is 13.2. The molecule has 0 spiro atoms. The van der Waals surface area contributed by atoms with Crippen molar-refractivity contribution in [2.45, 2.75) is 38.1 Å². The first-order valence-electron chi connectivity index (χ1n) is 6.38. The Hall–Kier alpha value is -1.71. The fourth-order valence-electron chi connectivity index (χ4n) is 2.37. The monoisotopic (exact) mass is 249 g/mol. The first-order valence-corrected chi connectivity index (χ1v) is 6.38. The molecule has 98 valence electrons. The number of esters is 1. The zero-order chi connectivity index (χ0) is 13.0. The number of aromatic hydroxyl groups is 1. The average Bonchev–Trinajstić information content (AvgIpc) is 2.41. The summed E-state index contributed by atoms with van der Waals surface area (Å²) in [7, 11) is 1.33. The third kappa shape index (κ3) is 2.94. The molecule has 1 fully saturated rings. The fraction of sp³-hybridized carbons (Fsp3) is 0.500. The van der Waals surface area contributed by atoms with Crippen molar-refractivity contribution >= 4 is 11.7 Å². The van der Waals surface area contributed by atoms with Gasteiger partial charge in [-0.3, -0.25) is 0 Å². The van der Waals surface area contributed by atoms with Crippen molar-refractivity contribution in [2.24, 2.45) is 0 Å². The van der Waals surface area contributed by atoms with Crippen LogP contribution in [-0.4, -0.2) is 24.2 Å². The molecule has 2 N–H and O–H groups in total. The van der Waals surface area contributed by atoms with E-state index in [4.69, 9.17) is 0 Å². The second kappa shape index (κ2) is 5.76. The van der Waals surface area contributed by atoms with E-state index in [1.807, 2.05) is 0 Å². The molecular weight excluding hydrogens is 230 g/mol. The number of hydrogen-bond donors (Lipinski definition) is 2. The van der Waals surface area contributed by atoms with Gasteiger partial charge < -0.3 is 15.2 Å². The highest BCUT2D eigenvalue weighted by molar-refractivity contribution is 5.90. The summed E-state index contributed by atoms with van der Waals surface area (Å²) < 4.78 is 4.61. The van der Waals surface area contributed by atoms with Crippen molar-refractivity contribution < 1.29 is 14.6 Å².